The molecule has 0 saturated carbocycles. The van der Waals surface area contributed by atoms with E-state index in [9.17, 15) is 4.39 Å². The van der Waals surface area contributed by atoms with Gasteiger partial charge < -0.3 is 5.32 Å². The van der Waals surface area contributed by atoms with Crippen LogP contribution in [0.2, 0.25) is 0 Å². The van der Waals surface area contributed by atoms with Crippen molar-refractivity contribution in [2.75, 3.05) is 7.05 Å². The molecule has 2 aromatic rings. The van der Waals surface area contributed by atoms with Crippen LogP contribution in [0.4, 0.5) is 4.39 Å². The summed E-state index contributed by atoms with van der Waals surface area (Å²) in [6.45, 7) is 2.02. The molecule has 0 spiro atoms. The molecule has 5 heteroatoms. The highest BCUT2D eigenvalue weighted by Crippen LogP contribution is 2.30. The molecule has 0 aliphatic rings. The zero-order chi connectivity index (χ0) is 12.4. The highest BCUT2D eigenvalue weighted by molar-refractivity contribution is 9.10. The van der Waals surface area contributed by atoms with Crippen molar-refractivity contribution in [1.82, 2.24) is 10.3 Å². The van der Waals surface area contributed by atoms with E-state index in [1.54, 1.807) is 12.1 Å². The number of thiazole rings is 1. The molecule has 1 N–H and O–H groups in total. The maximum Gasteiger partial charge on any atom is 0.133 e. The third kappa shape index (κ3) is 2.73. The van der Waals surface area contributed by atoms with Crippen molar-refractivity contribution in [3.63, 3.8) is 0 Å². The molecule has 17 heavy (non-hydrogen) atoms. The van der Waals surface area contributed by atoms with Crippen LogP contribution in [0.5, 0.6) is 0 Å². The molecule has 1 unspecified atom stereocenters. The fraction of sp³-hybridized carbons (Fsp3) is 0.250. The van der Waals surface area contributed by atoms with Crippen LogP contribution in [0.15, 0.2) is 28.1 Å². The Morgan fingerprint density at radius 3 is 2.94 bits per heavy atom. The number of rotatable bonds is 3. The summed E-state index contributed by atoms with van der Waals surface area (Å²) < 4.78 is 14.5. The monoisotopic (exact) mass is 314 g/mol. The van der Waals surface area contributed by atoms with Crippen LogP contribution < -0.4 is 5.32 Å². The summed E-state index contributed by atoms with van der Waals surface area (Å²) in [5.74, 6) is -0.244. The van der Waals surface area contributed by atoms with E-state index in [2.05, 4.69) is 26.2 Å². The zero-order valence-electron chi connectivity index (χ0n) is 9.50. The summed E-state index contributed by atoms with van der Waals surface area (Å²) in [7, 11) is 1.88. The molecule has 0 aliphatic heterocycles. The Morgan fingerprint density at radius 1 is 1.47 bits per heavy atom. The van der Waals surface area contributed by atoms with Gasteiger partial charge in [-0.2, -0.15) is 0 Å². The predicted molar refractivity (Wildman–Crippen MR) is 72.7 cm³/mol. The molecule has 1 aromatic heterocycles. The fourth-order valence-corrected chi connectivity index (χ4v) is 2.71. The summed E-state index contributed by atoms with van der Waals surface area (Å²) in [5.41, 5.74) is 1.48. The molecule has 0 aliphatic carbocycles. The van der Waals surface area contributed by atoms with E-state index in [1.807, 2.05) is 19.4 Å². The fourth-order valence-electron chi connectivity index (χ4n) is 1.42. The topological polar surface area (TPSA) is 24.9 Å². The Labute approximate surface area is 112 Å². The van der Waals surface area contributed by atoms with Gasteiger partial charge in [-0.15, -0.1) is 11.3 Å². The van der Waals surface area contributed by atoms with E-state index in [0.717, 1.165) is 10.2 Å². The van der Waals surface area contributed by atoms with Gasteiger partial charge in [0, 0.05) is 21.5 Å². The lowest BCUT2D eigenvalue weighted by Gasteiger charge is -2.05. The van der Waals surface area contributed by atoms with Crippen LogP contribution in [0.3, 0.4) is 0 Å². The second-order valence-electron chi connectivity index (χ2n) is 3.71. The van der Waals surface area contributed by atoms with Crippen LogP contribution in [0.1, 0.15) is 18.7 Å². The normalized spacial score (nSPS) is 12.7. The van der Waals surface area contributed by atoms with Gasteiger partial charge in [0.2, 0.25) is 0 Å². The lowest BCUT2D eigenvalue weighted by atomic mass is 10.2. The maximum atomic E-state index is 13.7. The summed E-state index contributed by atoms with van der Waals surface area (Å²) in [5, 5.41) is 5.78. The van der Waals surface area contributed by atoms with Gasteiger partial charge in [-0.1, -0.05) is 15.9 Å². The van der Waals surface area contributed by atoms with Gasteiger partial charge in [0.25, 0.3) is 0 Å². The Bertz CT molecular complexity index is 527. The summed E-state index contributed by atoms with van der Waals surface area (Å²) >= 11 is 4.80. The smallest absolute Gasteiger partial charge is 0.133 e. The minimum absolute atomic E-state index is 0.176. The van der Waals surface area contributed by atoms with Crippen LogP contribution in [0.25, 0.3) is 10.6 Å². The van der Waals surface area contributed by atoms with Crippen molar-refractivity contribution in [3.8, 4) is 10.6 Å². The summed E-state index contributed by atoms with van der Waals surface area (Å²) in [6, 6.07) is 5.06. The average Bonchev–Trinajstić information content (AvgIpc) is 2.80. The van der Waals surface area contributed by atoms with Crippen LogP contribution in [-0.4, -0.2) is 12.0 Å². The number of hydrogen-bond donors (Lipinski definition) is 1. The first-order valence-corrected chi connectivity index (χ1v) is 6.87. The molecule has 2 nitrogen and oxygen atoms in total. The molecule has 0 saturated heterocycles. The standard InChI is InChI=1S/C12H12BrFN2S/c1-7(15-2)11-6-17-12(16-11)9-5-8(13)3-4-10(9)14/h3-7,15H,1-2H3. The van der Waals surface area contributed by atoms with Gasteiger partial charge in [0.05, 0.1) is 5.69 Å². The molecular formula is C12H12BrFN2S. The quantitative estimate of drug-likeness (QED) is 0.926. The largest absolute Gasteiger partial charge is 0.312 e. The van der Waals surface area contributed by atoms with E-state index in [-0.39, 0.29) is 11.9 Å². The minimum Gasteiger partial charge on any atom is -0.312 e. The first-order chi connectivity index (χ1) is 8.11. The SMILES string of the molecule is CNC(C)c1csc(-c2cc(Br)ccc2F)n1. The maximum absolute atomic E-state index is 13.7. The van der Waals surface area contributed by atoms with Crippen molar-refractivity contribution in [2.24, 2.45) is 0 Å². The number of aromatic nitrogens is 1. The second kappa shape index (κ2) is 5.25. The zero-order valence-corrected chi connectivity index (χ0v) is 11.9. The highest BCUT2D eigenvalue weighted by atomic mass is 79.9. The third-order valence-electron chi connectivity index (χ3n) is 2.56. The average molecular weight is 315 g/mol. The van der Waals surface area contributed by atoms with Crippen molar-refractivity contribution < 1.29 is 4.39 Å². The molecule has 90 valence electrons. The van der Waals surface area contributed by atoms with Crippen molar-refractivity contribution >= 4 is 27.3 Å². The van der Waals surface area contributed by atoms with Crippen molar-refractivity contribution in [3.05, 3.63) is 39.6 Å². The van der Waals surface area contributed by atoms with Gasteiger partial charge in [-0.05, 0) is 32.2 Å². The van der Waals surface area contributed by atoms with Gasteiger partial charge in [-0.25, -0.2) is 9.37 Å². The van der Waals surface area contributed by atoms with E-state index in [0.29, 0.717) is 10.6 Å². The molecule has 1 heterocycles. The Kier molecular flexibility index (Phi) is 3.91. The number of nitrogens with zero attached hydrogens (tertiary/aromatic N) is 1. The van der Waals surface area contributed by atoms with E-state index in [1.165, 1.54) is 17.4 Å². The van der Waals surface area contributed by atoms with Crippen molar-refractivity contribution in [1.29, 1.82) is 0 Å². The number of benzene rings is 1. The predicted octanol–water partition coefficient (Wildman–Crippen LogP) is 3.99. The number of hydrogen-bond acceptors (Lipinski definition) is 3. The third-order valence-corrected chi connectivity index (χ3v) is 3.94. The number of halogens is 2. The Morgan fingerprint density at radius 2 is 2.24 bits per heavy atom. The molecule has 0 amide bonds. The highest BCUT2D eigenvalue weighted by Gasteiger charge is 2.12. The summed E-state index contributed by atoms with van der Waals surface area (Å²) in [6.07, 6.45) is 0. The first-order valence-electron chi connectivity index (χ1n) is 5.20. The first kappa shape index (κ1) is 12.7. The number of nitrogens with one attached hydrogen (secondary N) is 1. The van der Waals surface area contributed by atoms with Gasteiger partial charge >= 0.3 is 0 Å². The van der Waals surface area contributed by atoms with Crippen LogP contribution in [-0.2, 0) is 0 Å². The van der Waals surface area contributed by atoms with Crippen LogP contribution in [0, 0.1) is 5.82 Å². The van der Waals surface area contributed by atoms with E-state index in [4.69, 9.17) is 0 Å². The molecule has 2 rings (SSSR count). The Balaban J connectivity index is 2.40. The van der Waals surface area contributed by atoms with E-state index < -0.39 is 0 Å². The minimum atomic E-state index is -0.244. The van der Waals surface area contributed by atoms with Gasteiger partial charge in [0.1, 0.15) is 10.8 Å². The molecule has 0 fully saturated rings. The molecule has 1 aromatic carbocycles. The van der Waals surface area contributed by atoms with Gasteiger partial charge in [0.15, 0.2) is 0 Å². The molecular weight excluding hydrogens is 303 g/mol. The van der Waals surface area contributed by atoms with Crippen LogP contribution >= 0.6 is 27.3 Å². The Hall–Kier alpha value is -0.780. The summed E-state index contributed by atoms with van der Waals surface area (Å²) in [4.78, 5) is 4.45. The molecule has 0 radical (unpaired) electrons. The lowest BCUT2D eigenvalue weighted by molar-refractivity contribution is 0.628. The molecule has 1 atom stereocenters. The lowest BCUT2D eigenvalue weighted by Crippen LogP contribution is -2.12. The second-order valence-corrected chi connectivity index (χ2v) is 5.49. The van der Waals surface area contributed by atoms with Crippen molar-refractivity contribution in [2.45, 2.75) is 13.0 Å². The van der Waals surface area contributed by atoms with Gasteiger partial charge in [-0.3, -0.25) is 0 Å². The molecule has 0 bridgehead atoms. The van der Waals surface area contributed by atoms with E-state index >= 15 is 0 Å².